The number of halogens is 1. The van der Waals surface area contributed by atoms with Crippen LogP contribution in [0.2, 0.25) is 0 Å². The van der Waals surface area contributed by atoms with Crippen molar-refractivity contribution in [2.45, 2.75) is 36.1 Å². The number of H-pyrrole nitrogens is 1. The lowest BCUT2D eigenvalue weighted by Gasteiger charge is -2.12. The first kappa shape index (κ1) is 15.3. The molecule has 1 saturated heterocycles. The van der Waals surface area contributed by atoms with Gasteiger partial charge in [0.15, 0.2) is 4.77 Å². The first-order valence-corrected chi connectivity index (χ1v) is 9.05. The Morgan fingerprint density at radius 2 is 2.24 bits per heavy atom. The first-order chi connectivity index (χ1) is 10.2. The van der Waals surface area contributed by atoms with Gasteiger partial charge in [-0.25, -0.2) is 0 Å². The second-order valence-corrected chi connectivity index (χ2v) is 7.28. The summed E-state index contributed by atoms with van der Waals surface area (Å²) in [6.45, 7) is 1.66. The Morgan fingerprint density at radius 3 is 2.95 bits per heavy atom. The highest BCUT2D eigenvalue weighted by atomic mass is 79.9. The largest absolute Gasteiger partial charge is 0.376 e. The van der Waals surface area contributed by atoms with E-state index in [-0.39, 0.29) is 6.10 Å². The van der Waals surface area contributed by atoms with Gasteiger partial charge in [0.25, 0.3) is 0 Å². The van der Waals surface area contributed by atoms with E-state index in [1.54, 1.807) is 11.8 Å². The summed E-state index contributed by atoms with van der Waals surface area (Å²) in [5.41, 5.74) is 0. The third kappa shape index (κ3) is 3.97. The predicted molar refractivity (Wildman–Crippen MR) is 90.1 cm³/mol. The summed E-state index contributed by atoms with van der Waals surface area (Å²) in [4.78, 5) is 1.22. The summed E-state index contributed by atoms with van der Waals surface area (Å²) in [7, 11) is 0. The first-order valence-electron chi connectivity index (χ1n) is 6.86. The molecule has 7 heteroatoms. The topological polar surface area (TPSA) is 42.8 Å². The zero-order chi connectivity index (χ0) is 14.7. The molecule has 1 aliphatic rings. The fourth-order valence-corrected chi connectivity index (χ4v) is 3.65. The Labute approximate surface area is 141 Å². The number of ether oxygens (including phenoxy) is 1. The highest BCUT2D eigenvalue weighted by molar-refractivity contribution is 9.10. The highest BCUT2D eigenvalue weighted by Crippen LogP contribution is 2.24. The summed E-state index contributed by atoms with van der Waals surface area (Å²) >= 11 is 10.5. The van der Waals surface area contributed by atoms with Crippen LogP contribution in [0.25, 0.3) is 0 Å². The van der Waals surface area contributed by atoms with Crippen LogP contribution in [0.15, 0.2) is 33.6 Å². The van der Waals surface area contributed by atoms with Crippen molar-refractivity contribution < 1.29 is 4.74 Å². The molecule has 1 aliphatic heterocycles. The SMILES string of the molecule is S=c1[nH]nc(CSc2ccc(Br)cc2)n1CC1CCCO1. The van der Waals surface area contributed by atoms with Gasteiger partial charge in [-0.3, -0.25) is 5.10 Å². The van der Waals surface area contributed by atoms with Crippen molar-refractivity contribution in [2.75, 3.05) is 6.61 Å². The minimum absolute atomic E-state index is 0.269. The molecule has 4 nitrogen and oxygen atoms in total. The van der Waals surface area contributed by atoms with Gasteiger partial charge in [-0.15, -0.1) is 11.8 Å². The molecule has 0 aliphatic carbocycles. The maximum Gasteiger partial charge on any atom is 0.195 e. The van der Waals surface area contributed by atoms with Crippen molar-refractivity contribution in [1.29, 1.82) is 0 Å². The maximum absolute atomic E-state index is 5.69. The third-order valence-corrected chi connectivity index (χ3v) is 5.28. The number of hydrogen-bond donors (Lipinski definition) is 1. The standard InChI is InChI=1S/C14H16BrN3OS2/c15-10-3-5-12(6-4-10)21-9-13-16-17-14(20)18(13)8-11-2-1-7-19-11/h3-6,11H,1-2,7-9H2,(H,17,20). The van der Waals surface area contributed by atoms with E-state index in [0.29, 0.717) is 4.77 Å². The van der Waals surface area contributed by atoms with E-state index in [9.17, 15) is 0 Å². The molecule has 3 rings (SSSR count). The van der Waals surface area contributed by atoms with Crippen LogP contribution >= 0.6 is 39.9 Å². The second kappa shape index (κ2) is 7.09. The number of rotatable bonds is 5. The number of thioether (sulfide) groups is 1. The molecule has 1 fully saturated rings. The van der Waals surface area contributed by atoms with Gasteiger partial charge in [-0.2, -0.15) is 5.10 Å². The van der Waals surface area contributed by atoms with Crippen LogP contribution in [0.1, 0.15) is 18.7 Å². The van der Waals surface area contributed by atoms with Crippen LogP contribution in [-0.2, 0) is 17.0 Å². The van der Waals surface area contributed by atoms with Crippen molar-refractivity contribution in [2.24, 2.45) is 0 Å². The normalized spacial score (nSPS) is 18.2. The van der Waals surface area contributed by atoms with Crippen LogP contribution in [-0.4, -0.2) is 27.5 Å². The molecule has 1 unspecified atom stereocenters. The molecule has 1 atom stereocenters. The van der Waals surface area contributed by atoms with Gasteiger partial charge in [-0.1, -0.05) is 15.9 Å². The number of nitrogens with zero attached hydrogens (tertiary/aromatic N) is 2. The molecule has 2 heterocycles. The minimum Gasteiger partial charge on any atom is -0.376 e. The molecule has 1 N–H and O–H groups in total. The minimum atomic E-state index is 0.269. The molecule has 2 aromatic rings. The van der Waals surface area contributed by atoms with Gasteiger partial charge in [-0.05, 0) is 49.3 Å². The van der Waals surface area contributed by atoms with E-state index < -0.39 is 0 Å². The van der Waals surface area contributed by atoms with Crippen molar-refractivity contribution in [3.63, 3.8) is 0 Å². The molecule has 0 radical (unpaired) electrons. The van der Waals surface area contributed by atoms with Gasteiger partial charge in [0.2, 0.25) is 0 Å². The molecule has 0 saturated carbocycles. The maximum atomic E-state index is 5.69. The Kier molecular flexibility index (Phi) is 5.15. The third-order valence-electron chi connectivity index (χ3n) is 3.43. The quantitative estimate of drug-likeness (QED) is 0.619. The predicted octanol–water partition coefficient (Wildman–Crippen LogP) is 4.17. The number of nitrogens with one attached hydrogen (secondary N) is 1. The van der Waals surface area contributed by atoms with Gasteiger partial charge in [0.05, 0.1) is 18.4 Å². The zero-order valence-corrected chi connectivity index (χ0v) is 14.6. The van der Waals surface area contributed by atoms with Gasteiger partial charge < -0.3 is 9.30 Å². The van der Waals surface area contributed by atoms with Gasteiger partial charge in [0.1, 0.15) is 5.82 Å². The van der Waals surface area contributed by atoms with E-state index in [0.717, 1.165) is 42.0 Å². The van der Waals surface area contributed by atoms with E-state index in [1.807, 2.05) is 12.1 Å². The van der Waals surface area contributed by atoms with Crippen LogP contribution in [0.5, 0.6) is 0 Å². The molecule has 112 valence electrons. The molecular formula is C14H16BrN3OS2. The lowest BCUT2D eigenvalue weighted by atomic mass is 10.2. The molecule has 1 aromatic heterocycles. The van der Waals surface area contributed by atoms with Gasteiger partial charge >= 0.3 is 0 Å². The number of hydrogen-bond acceptors (Lipinski definition) is 4. The van der Waals surface area contributed by atoms with Crippen molar-refractivity contribution in [3.8, 4) is 0 Å². The van der Waals surface area contributed by atoms with Crippen LogP contribution in [0, 0.1) is 4.77 Å². The summed E-state index contributed by atoms with van der Waals surface area (Å²) < 4.78 is 9.53. The van der Waals surface area contributed by atoms with E-state index in [2.05, 4.69) is 42.8 Å². The van der Waals surface area contributed by atoms with Crippen LogP contribution < -0.4 is 0 Å². The summed E-state index contributed by atoms with van der Waals surface area (Å²) in [5, 5.41) is 7.25. The molecule has 0 amide bonds. The molecule has 0 bridgehead atoms. The Balaban J connectivity index is 1.67. The fraction of sp³-hybridized carbons (Fsp3) is 0.429. The van der Waals surface area contributed by atoms with Crippen LogP contribution in [0.4, 0.5) is 0 Å². The Hall–Kier alpha value is -0.630. The average molecular weight is 386 g/mol. The fourth-order valence-electron chi connectivity index (χ4n) is 2.32. The van der Waals surface area contributed by atoms with E-state index in [4.69, 9.17) is 17.0 Å². The zero-order valence-electron chi connectivity index (χ0n) is 11.4. The number of benzene rings is 1. The molecule has 0 spiro atoms. The summed E-state index contributed by atoms with van der Waals surface area (Å²) in [5.74, 6) is 1.77. The monoisotopic (exact) mass is 385 g/mol. The number of aromatic amines is 1. The summed E-state index contributed by atoms with van der Waals surface area (Å²) in [6, 6.07) is 8.29. The Morgan fingerprint density at radius 1 is 1.43 bits per heavy atom. The van der Waals surface area contributed by atoms with Crippen molar-refractivity contribution in [3.05, 3.63) is 39.3 Å². The van der Waals surface area contributed by atoms with E-state index in [1.165, 1.54) is 4.90 Å². The van der Waals surface area contributed by atoms with Gasteiger partial charge in [0, 0.05) is 16.0 Å². The molecule has 21 heavy (non-hydrogen) atoms. The lowest BCUT2D eigenvalue weighted by molar-refractivity contribution is 0.0960. The average Bonchev–Trinajstić information content (AvgIpc) is 3.11. The number of aromatic nitrogens is 3. The van der Waals surface area contributed by atoms with Crippen LogP contribution in [0.3, 0.4) is 0 Å². The smallest absolute Gasteiger partial charge is 0.195 e. The van der Waals surface area contributed by atoms with Crippen molar-refractivity contribution in [1.82, 2.24) is 14.8 Å². The second-order valence-electron chi connectivity index (χ2n) is 4.93. The lowest BCUT2D eigenvalue weighted by Crippen LogP contribution is -2.16. The molecule has 1 aromatic carbocycles. The Bertz CT molecular complexity index is 647. The van der Waals surface area contributed by atoms with E-state index >= 15 is 0 Å². The summed E-state index contributed by atoms with van der Waals surface area (Å²) in [6.07, 6.45) is 2.51. The molecular weight excluding hydrogens is 370 g/mol. The highest BCUT2D eigenvalue weighted by Gasteiger charge is 2.18. The van der Waals surface area contributed by atoms with Crippen molar-refractivity contribution >= 4 is 39.9 Å².